The predicted octanol–water partition coefficient (Wildman–Crippen LogP) is 1.55. The highest BCUT2D eigenvalue weighted by atomic mass is 28.4. The molecule has 7 heteroatoms. The molecule has 0 bridgehead atoms. The van der Waals surface area contributed by atoms with Crippen molar-refractivity contribution < 1.29 is 22.1 Å². The van der Waals surface area contributed by atoms with Crippen LogP contribution in [0.4, 0.5) is 0 Å². The molecule has 0 spiro atoms. The topological polar surface area (TPSA) is 46.2 Å². The lowest BCUT2D eigenvalue weighted by molar-refractivity contribution is 0.123. The zero-order chi connectivity index (χ0) is 13.1. The molecule has 0 N–H and O–H groups in total. The van der Waals surface area contributed by atoms with E-state index in [1.165, 1.54) is 0 Å². The number of unbranched alkanes of at least 4 members (excludes halogenated alkanes) is 2. The van der Waals surface area contributed by atoms with Crippen molar-refractivity contribution in [1.29, 1.82) is 0 Å². The Kier molecular flexibility index (Phi) is 10.3. The first-order valence-corrected chi connectivity index (χ1v) is 9.58. The van der Waals surface area contributed by atoms with E-state index in [-0.39, 0.29) is 0 Å². The van der Waals surface area contributed by atoms with Gasteiger partial charge in [0, 0.05) is 41.6 Å². The van der Waals surface area contributed by atoms with E-state index in [2.05, 4.69) is 0 Å². The maximum atomic E-state index is 5.36. The fourth-order valence-electron chi connectivity index (χ4n) is 1.72. The number of rotatable bonds is 11. The van der Waals surface area contributed by atoms with E-state index in [9.17, 15) is 0 Å². The molecule has 0 aromatic rings. The standard InChI is InChI=1S/C10H26O5Si2/c1-11-16(12-2)9-7-6-8-10-17(13-3,14-4)15-5/h16H,6-10H2,1-5H3. The average Bonchev–Trinajstić information content (AvgIpc) is 2.39. The molecule has 0 radical (unpaired) electrons. The first kappa shape index (κ1) is 17.2. The molecule has 0 amide bonds. The zero-order valence-corrected chi connectivity index (χ0v) is 13.8. The van der Waals surface area contributed by atoms with E-state index in [1.807, 2.05) is 0 Å². The third kappa shape index (κ3) is 6.65. The van der Waals surface area contributed by atoms with Gasteiger partial charge in [-0.1, -0.05) is 12.8 Å². The first-order valence-electron chi connectivity index (χ1n) is 5.89. The third-order valence-corrected chi connectivity index (χ3v) is 7.64. The highest BCUT2D eigenvalue weighted by Crippen LogP contribution is 2.18. The van der Waals surface area contributed by atoms with Crippen molar-refractivity contribution >= 4 is 18.1 Å². The van der Waals surface area contributed by atoms with Gasteiger partial charge in [-0.05, 0) is 12.5 Å². The minimum absolute atomic E-state index is 0.864. The Morgan fingerprint density at radius 1 is 0.765 bits per heavy atom. The summed E-state index contributed by atoms with van der Waals surface area (Å²) in [6.45, 7) is 0. The molecule has 0 aromatic heterocycles. The lowest BCUT2D eigenvalue weighted by Crippen LogP contribution is -2.42. The smallest absolute Gasteiger partial charge is 0.400 e. The van der Waals surface area contributed by atoms with Crippen LogP contribution in [-0.2, 0) is 22.1 Å². The van der Waals surface area contributed by atoms with Crippen LogP contribution in [0.3, 0.4) is 0 Å². The summed E-state index contributed by atoms with van der Waals surface area (Å²) in [7, 11) is 4.65. The highest BCUT2D eigenvalue weighted by molar-refractivity contribution is 6.60. The molecule has 5 nitrogen and oxygen atoms in total. The van der Waals surface area contributed by atoms with Crippen molar-refractivity contribution in [3.63, 3.8) is 0 Å². The molecule has 17 heavy (non-hydrogen) atoms. The molecule has 0 aromatic carbocycles. The van der Waals surface area contributed by atoms with Gasteiger partial charge in [0.2, 0.25) is 0 Å². The number of hydrogen-bond acceptors (Lipinski definition) is 5. The molecule has 0 rings (SSSR count). The minimum atomic E-state index is -2.36. The molecule has 0 saturated carbocycles. The van der Waals surface area contributed by atoms with E-state index in [1.54, 1.807) is 35.5 Å². The highest BCUT2D eigenvalue weighted by Gasteiger charge is 2.36. The predicted molar refractivity (Wildman–Crippen MR) is 71.4 cm³/mol. The quantitative estimate of drug-likeness (QED) is 0.425. The van der Waals surface area contributed by atoms with E-state index in [0.717, 1.165) is 31.4 Å². The molecule has 0 aliphatic carbocycles. The minimum Gasteiger partial charge on any atom is -0.400 e. The molecule has 0 aliphatic heterocycles. The van der Waals surface area contributed by atoms with E-state index < -0.39 is 18.1 Å². The normalized spacial score (nSPS) is 12.4. The Morgan fingerprint density at radius 3 is 1.71 bits per heavy atom. The van der Waals surface area contributed by atoms with Crippen LogP contribution >= 0.6 is 0 Å². The molecule has 0 heterocycles. The summed E-state index contributed by atoms with van der Waals surface area (Å²) in [5.41, 5.74) is 0. The van der Waals surface area contributed by atoms with Crippen LogP contribution in [0, 0.1) is 0 Å². The summed E-state index contributed by atoms with van der Waals surface area (Å²) in [5, 5.41) is 0. The van der Waals surface area contributed by atoms with Gasteiger partial charge in [-0.15, -0.1) is 0 Å². The van der Waals surface area contributed by atoms with Gasteiger partial charge in [-0.2, -0.15) is 0 Å². The Labute approximate surface area is 108 Å². The molecule has 104 valence electrons. The van der Waals surface area contributed by atoms with Crippen molar-refractivity contribution in [2.24, 2.45) is 0 Å². The van der Waals surface area contributed by atoms with Crippen LogP contribution in [0.1, 0.15) is 19.3 Å². The van der Waals surface area contributed by atoms with Gasteiger partial charge in [0.05, 0.1) is 0 Å². The summed E-state index contributed by atoms with van der Waals surface area (Å²) >= 11 is 0. The second-order valence-electron chi connectivity index (χ2n) is 3.80. The Bertz CT molecular complexity index is 166. The second kappa shape index (κ2) is 10.2. The van der Waals surface area contributed by atoms with Gasteiger partial charge in [0.1, 0.15) is 0 Å². The van der Waals surface area contributed by atoms with Gasteiger partial charge in [-0.25, -0.2) is 0 Å². The summed E-state index contributed by atoms with van der Waals surface area (Å²) in [6, 6.07) is 1.91. The molecule has 0 unspecified atom stereocenters. The van der Waals surface area contributed by atoms with Crippen LogP contribution in [0.5, 0.6) is 0 Å². The largest absolute Gasteiger partial charge is 0.500 e. The Balaban J connectivity index is 3.68. The summed E-state index contributed by atoms with van der Waals surface area (Å²) in [6.07, 6.45) is 3.30. The summed E-state index contributed by atoms with van der Waals surface area (Å²) < 4.78 is 26.6. The zero-order valence-electron chi connectivity index (χ0n) is 11.7. The summed E-state index contributed by atoms with van der Waals surface area (Å²) in [4.78, 5) is 0. The van der Waals surface area contributed by atoms with Gasteiger partial charge in [0.25, 0.3) is 0 Å². The Morgan fingerprint density at radius 2 is 1.29 bits per heavy atom. The SMILES string of the molecule is CO[SiH](CCCCC[Si](OC)(OC)OC)OC. The van der Waals surface area contributed by atoms with Gasteiger partial charge < -0.3 is 22.1 Å². The first-order chi connectivity index (χ1) is 8.17. The molecule has 0 fully saturated rings. The molecule has 0 aliphatic rings. The van der Waals surface area contributed by atoms with Crippen LogP contribution in [0.25, 0.3) is 0 Å². The molecule has 0 atom stereocenters. The van der Waals surface area contributed by atoms with Crippen molar-refractivity contribution in [2.75, 3.05) is 35.5 Å². The monoisotopic (exact) mass is 282 g/mol. The van der Waals surface area contributed by atoms with Crippen LogP contribution in [0.2, 0.25) is 12.1 Å². The van der Waals surface area contributed by atoms with Crippen molar-refractivity contribution in [2.45, 2.75) is 31.4 Å². The molecular weight excluding hydrogens is 256 g/mol. The van der Waals surface area contributed by atoms with Crippen molar-refractivity contribution in [3.05, 3.63) is 0 Å². The van der Waals surface area contributed by atoms with Crippen LogP contribution in [-0.4, -0.2) is 53.6 Å². The lowest BCUT2D eigenvalue weighted by Gasteiger charge is -2.24. The van der Waals surface area contributed by atoms with E-state index in [0.29, 0.717) is 0 Å². The third-order valence-electron chi connectivity index (χ3n) is 2.88. The Hall–Kier alpha value is 0.234. The van der Waals surface area contributed by atoms with Gasteiger partial charge >= 0.3 is 18.1 Å². The van der Waals surface area contributed by atoms with Crippen LogP contribution in [0.15, 0.2) is 0 Å². The fourth-order valence-corrected chi connectivity index (χ4v) is 4.80. The van der Waals surface area contributed by atoms with Gasteiger partial charge in [0.15, 0.2) is 0 Å². The summed E-state index contributed by atoms with van der Waals surface area (Å²) in [5.74, 6) is 0. The maximum absolute atomic E-state index is 5.36. The molecule has 0 saturated heterocycles. The van der Waals surface area contributed by atoms with Crippen LogP contribution < -0.4 is 0 Å². The van der Waals surface area contributed by atoms with E-state index in [4.69, 9.17) is 22.1 Å². The van der Waals surface area contributed by atoms with Crippen molar-refractivity contribution in [1.82, 2.24) is 0 Å². The second-order valence-corrected chi connectivity index (χ2v) is 9.27. The maximum Gasteiger partial charge on any atom is 0.500 e. The molecular formula is C10H26O5Si2. The fraction of sp³-hybridized carbons (Fsp3) is 1.00. The lowest BCUT2D eigenvalue weighted by atomic mass is 10.3. The number of hydrogen-bond donors (Lipinski definition) is 0. The average molecular weight is 282 g/mol. The van der Waals surface area contributed by atoms with Gasteiger partial charge in [-0.3, -0.25) is 0 Å². The van der Waals surface area contributed by atoms with E-state index >= 15 is 0 Å². The van der Waals surface area contributed by atoms with Crippen molar-refractivity contribution in [3.8, 4) is 0 Å².